The highest BCUT2D eigenvalue weighted by molar-refractivity contribution is 6.45. The number of hydrogen-bond donors (Lipinski definition) is 2. The Morgan fingerprint density at radius 2 is 2.04 bits per heavy atom. The van der Waals surface area contributed by atoms with Crippen LogP contribution in [0.4, 0.5) is 5.69 Å². The third kappa shape index (κ3) is 4.08. The zero-order valence-corrected chi connectivity index (χ0v) is 14.8. The van der Waals surface area contributed by atoms with Crippen LogP contribution in [0.5, 0.6) is 5.75 Å². The molecule has 0 saturated carbocycles. The van der Waals surface area contributed by atoms with Gasteiger partial charge in [0, 0.05) is 5.56 Å². The van der Waals surface area contributed by atoms with Gasteiger partial charge in [0.05, 0.1) is 18.5 Å². The number of amides is 1. The molecule has 0 aliphatic rings. The number of carbonyl (C=O) groups excluding carboxylic acids is 1. The number of halogens is 3. The second-order valence-corrected chi connectivity index (χ2v) is 5.66. The van der Waals surface area contributed by atoms with E-state index in [1.165, 1.54) is 6.21 Å². The van der Waals surface area contributed by atoms with Crippen LogP contribution in [0.1, 0.15) is 23.0 Å². The van der Waals surface area contributed by atoms with Gasteiger partial charge in [0.15, 0.2) is 0 Å². The number of para-hydroxylation sites is 1. The summed E-state index contributed by atoms with van der Waals surface area (Å²) in [5.41, 5.74) is 8.71. The maximum Gasteiger partial charge on any atom is 0.337 e. The minimum Gasteiger partial charge on any atom is -0.493 e. The van der Waals surface area contributed by atoms with Crippen LogP contribution in [0.25, 0.3) is 0 Å². The molecule has 2 aromatic rings. The van der Waals surface area contributed by atoms with Gasteiger partial charge in [-0.05, 0) is 30.7 Å². The molecule has 0 fully saturated rings. The summed E-state index contributed by atoms with van der Waals surface area (Å²) in [5, 5.41) is 3.91. The van der Waals surface area contributed by atoms with Gasteiger partial charge in [-0.3, -0.25) is 4.79 Å². The molecule has 24 heavy (non-hydrogen) atoms. The molecule has 0 spiro atoms. The van der Waals surface area contributed by atoms with Gasteiger partial charge in [0.1, 0.15) is 15.8 Å². The number of rotatable bonds is 5. The monoisotopic (exact) mass is 387 g/mol. The molecule has 1 amide bonds. The minimum absolute atomic E-state index is 0.00869. The van der Waals surface area contributed by atoms with Crippen LogP contribution in [-0.2, 0) is 0 Å². The van der Waals surface area contributed by atoms with Crippen molar-refractivity contribution in [3.63, 3.8) is 0 Å². The molecule has 1 heterocycles. The summed E-state index contributed by atoms with van der Waals surface area (Å²) in [6.07, 6.45) is 1.46. The summed E-state index contributed by atoms with van der Waals surface area (Å²) in [4.78, 5) is 14.7. The Bertz CT molecular complexity index is 797. The number of hydrazone groups is 1. The smallest absolute Gasteiger partial charge is 0.337 e. The number of H-pyrrole nitrogens is 1. The highest BCUT2D eigenvalue weighted by Crippen LogP contribution is 2.31. The van der Waals surface area contributed by atoms with Crippen molar-refractivity contribution in [1.82, 2.24) is 5.43 Å². The van der Waals surface area contributed by atoms with Crippen LogP contribution in [0.15, 0.2) is 29.4 Å². The Kier molecular flexibility index (Phi) is 6.25. The predicted octanol–water partition coefficient (Wildman–Crippen LogP) is 3.21. The molecule has 1 aromatic carbocycles. The lowest BCUT2D eigenvalue weighted by atomic mass is 10.2. The number of aromatic amines is 1. The van der Waals surface area contributed by atoms with Crippen molar-refractivity contribution in [3.8, 4) is 5.75 Å². The third-order valence-electron chi connectivity index (χ3n) is 2.94. The molecule has 0 atom stereocenters. The zero-order chi connectivity index (χ0) is 17.7. The van der Waals surface area contributed by atoms with Crippen LogP contribution in [0.3, 0.4) is 0 Å². The van der Waals surface area contributed by atoms with E-state index in [0.717, 1.165) is 0 Å². The van der Waals surface area contributed by atoms with E-state index in [1.807, 2.05) is 19.1 Å². The van der Waals surface area contributed by atoms with Crippen LogP contribution < -0.4 is 20.9 Å². The Balaban J connectivity index is 2.17. The van der Waals surface area contributed by atoms with E-state index in [0.29, 0.717) is 17.9 Å². The molecule has 0 bridgehead atoms. The lowest BCUT2D eigenvalue weighted by molar-refractivity contribution is -0.379. The largest absolute Gasteiger partial charge is 0.493 e. The SMILES string of the molecule is CCOc1ccccc1/C=N/NC(=O)c1[nH+]c(Cl)c(Cl)c(N)c1Cl. The number of pyridine rings is 1. The molecule has 9 heteroatoms. The van der Waals surface area contributed by atoms with Gasteiger partial charge < -0.3 is 10.5 Å². The Morgan fingerprint density at radius 3 is 2.75 bits per heavy atom. The number of benzene rings is 1. The summed E-state index contributed by atoms with van der Waals surface area (Å²) < 4.78 is 5.46. The molecule has 126 valence electrons. The molecule has 0 aliphatic heterocycles. The van der Waals surface area contributed by atoms with E-state index in [1.54, 1.807) is 12.1 Å². The van der Waals surface area contributed by atoms with Crippen molar-refractivity contribution >= 4 is 52.6 Å². The number of aromatic nitrogens is 1. The number of nitrogens with one attached hydrogen (secondary N) is 2. The predicted molar refractivity (Wildman–Crippen MR) is 95.1 cm³/mol. The molecular weight excluding hydrogens is 375 g/mol. The minimum atomic E-state index is -0.615. The van der Waals surface area contributed by atoms with Crippen LogP contribution in [-0.4, -0.2) is 18.7 Å². The average Bonchev–Trinajstić information content (AvgIpc) is 2.58. The molecule has 0 saturated heterocycles. The van der Waals surface area contributed by atoms with Gasteiger partial charge in [-0.2, -0.15) is 10.1 Å². The fraction of sp³-hybridized carbons (Fsp3) is 0.133. The fourth-order valence-electron chi connectivity index (χ4n) is 1.82. The summed E-state index contributed by atoms with van der Waals surface area (Å²) in [6.45, 7) is 2.40. The van der Waals surface area contributed by atoms with Crippen molar-refractivity contribution < 1.29 is 14.5 Å². The first-order chi connectivity index (χ1) is 11.5. The van der Waals surface area contributed by atoms with Crippen molar-refractivity contribution in [2.24, 2.45) is 5.10 Å². The zero-order valence-electron chi connectivity index (χ0n) is 12.6. The van der Waals surface area contributed by atoms with Gasteiger partial charge in [-0.25, -0.2) is 5.43 Å². The third-order valence-corrected chi connectivity index (χ3v) is 4.10. The van der Waals surface area contributed by atoms with E-state index in [-0.39, 0.29) is 26.6 Å². The van der Waals surface area contributed by atoms with Crippen molar-refractivity contribution in [1.29, 1.82) is 0 Å². The second-order valence-electron chi connectivity index (χ2n) is 4.53. The number of anilines is 1. The van der Waals surface area contributed by atoms with Gasteiger partial charge in [-0.15, -0.1) is 0 Å². The number of nitrogens with zero attached hydrogens (tertiary/aromatic N) is 1. The number of ether oxygens (including phenoxy) is 1. The van der Waals surface area contributed by atoms with Gasteiger partial charge in [0.25, 0.3) is 10.8 Å². The first-order valence-corrected chi connectivity index (χ1v) is 7.99. The van der Waals surface area contributed by atoms with E-state index >= 15 is 0 Å². The number of nitrogens with two attached hydrogens (primary N) is 1. The number of nitrogen functional groups attached to an aromatic ring is 1. The lowest BCUT2D eigenvalue weighted by Gasteiger charge is -2.06. The standard InChI is InChI=1S/C15H13Cl3N4O2/c1-2-24-9-6-4-3-5-8(9)7-20-22-15(23)13-10(16)12(19)11(17)14(18)21-13/h3-7H,2H2,1H3,(H2,19,21)(H,22,23)/p+1/b20-7+. The first-order valence-electron chi connectivity index (χ1n) is 6.86. The van der Waals surface area contributed by atoms with Crippen molar-refractivity contribution in [3.05, 3.63) is 50.7 Å². The van der Waals surface area contributed by atoms with Gasteiger partial charge in [-0.1, -0.05) is 35.3 Å². The average molecular weight is 389 g/mol. The fourth-order valence-corrected chi connectivity index (χ4v) is 2.43. The Hall–Kier alpha value is -2.02. The van der Waals surface area contributed by atoms with Crippen LogP contribution in [0.2, 0.25) is 15.2 Å². The normalized spacial score (nSPS) is 10.8. The molecule has 6 nitrogen and oxygen atoms in total. The lowest BCUT2D eigenvalue weighted by Crippen LogP contribution is -2.28. The highest BCUT2D eigenvalue weighted by atomic mass is 35.5. The summed E-state index contributed by atoms with van der Waals surface area (Å²) >= 11 is 17.7. The van der Waals surface area contributed by atoms with Gasteiger partial charge in [0.2, 0.25) is 0 Å². The van der Waals surface area contributed by atoms with E-state index < -0.39 is 5.91 Å². The maximum atomic E-state index is 12.2. The molecule has 0 unspecified atom stereocenters. The molecule has 4 N–H and O–H groups in total. The quantitative estimate of drug-likeness (QED) is 0.468. The van der Waals surface area contributed by atoms with Gasteiger partial charge >= 0.3 is 5.91 Å². The van der Waals surface area contributed by atoms with E-state index in [9.17, 15) is 4.79 Å². The number of carbonyl (C=O) groups is 1. The summed E-state index contributed by atoms with van der Waals surface area (Å²) in [5.74, 6) is 0.0387. The first kappa shape index (κ1) is 18.3. The topological polar surface area (TPSA) is 90.8 Å². The second kappa shape index (κ2) is 8.19. The highest BCUT2D eigenvalue weighted by Gasteiger charge is 2.25. The van der Waals surface area contributed by atoms with Crippen molar-refractivity contribution in [2.75, 3.05) is 12.3 Å². The molecule has 0 radical (unpaired) electrons. The number of hydrogen-bond acceptors (Lipinski definition) is 4. The summed E-state index contributed by atoms with van der Waals surface area (Å²) in [6, 6.07) is 7.28. The Labute approximate surface area is 153 Å². The maximum absolute atomic E-state index is 12.2. The van der Waals surface area contributed by atoms with Crippen molar-refractivity contribution in [2.45, 2.75) is 6.92 Å². The summed E-state index contributed by atoms with van der Waals surface area (Å²) in [7, 11) is 0. The Morgan fingerprint density at radius 1 is 1.33 bits per heavy atom. The van der Waals surface area contributed by atoms with E-state index in [2.05, 4.69) is 15.5 Å². The molecule has 1 aromatic heterocycles. The molecule has 2 rings (SSSR count). The van der Waals surface area contributed by atoms with E-state index in [4.69, 9.17) is 45.3 Å². The van der Waals surface area contributed by atoms with Crippen LogP contribution >= 0.6 is 34.8 Å². The molecular formula is C15H14Cl3N4O2+. The van der Waals surface area contributed by atoms with Crippen LogP contribution in [0, 0.1) is 0 Å². The molecule has 0 aliphatic carbocycles.